The molecular weight excluding hydrogens is 222 g/mol. The van der Waals surface area contributed by atoms with Gasteiger partial charge < -0.3 is 9.90 Å². The van der Waals surface area contributed by atoms with Gasteiger partial charge in [-0.3, -0.25) is 4.79 Å². The fourth-order valence-electron chi connectivity index (χ4n) is 0.902. The summed E-state index contributed by atoms with van der Waals surface area (Å²) in [7, 11) is 0. The Morgan fingerprint density at radius 2 is 1.93 bits per heavy atom. The number of carbonyl (C=O) groups is 2. The zero-order valence-corrected chi connectivity index (χ0v) is 8.72. The molecule has 0 spiro atoms. The molecular formula is C8H3Cl2LiO3. The van der Waals surface area contributed by atoms with Crippen molar-refractivity contribution in [1.82, 2.24) is 0 Å². The molecule has 0 saturated heterocycles. The van der Waals surface area contributed by atoms with E-state index in [1.54, 1.807) is 0 Å². The number of carboxylic acids is 1. The van der Waals surface area contributed by atoms with E-state index in [2.05, 4.69) is 0 Å². The largest absolute Gasteiger partial charge is 1.00 e. The molecule has 0 radical (unpaired) electrons. The number of carbonyl (C=O) groups excluding carboxylic acids is 2. The fraction of sp³-hybridized carbons (Fsp3) is 0. The van der Waals surface area contributed by atoms with Gasteiger partial charge in [0.05, 0.1) is 11.0 Å². The molecule has 0 saturated carbocycles. The Kier molecular flexibility index (Phi) is 5.25. The van der Waals surface area contributed by atoms with Crippen LogP contribution in [0.15, 0.2) is 12.1 Å². The molecule has 1 aromatic carbocycles. The minimum atomic E-state index is -1.50. The van der Waals surface area contributed by atoms with Gasteiger partial charge in [0.15, 0.2) is 6.29 Å². The number of aldehydes is 1. The summed E-state index contributed by atoms with van der Waals surface area (Å²) < 4.78 is 0. The summed E-state index contributed by atoms with van der Waals surface area (Å²) in [6.07, 6.45) is 0.364. The number of hydrogen-bond donors (Lipinski definition) is 0. The third-order valence-electron chi connectivity index (χ3n) is 1.42. The van der Waals surface area contributed by atoms with Crippen LogP contribution in [0.1, 0.15) is 20.7 Å². The zero-order valence-electron chi connectivity index (χ0n) is 7.21. The van der Waals surface area contributed by atoms with Gasteiger partial charge in [0.25, 0.3) is 0 Å². The zero-order chi connectivity index (χ0) is 10.0. The Balaban J connectivity index is 0.00000169. The van der Waals surface area contributed by atoms with Crippen molar-refractivity contribution < 1.29 is 33.6 Å². The van der Waals surface area contributed by atoms with Gasteiger partial charge in [0.2, 0.25) is 0 Å². The molecule has 0 aliphatic carbocycles. The van der Waals surface area contributed by atoms with Gasteiger partial charge in [-0.1, -0.05) is 23.2 Å². The minimum absolute atomic E-state index is 0. The Morgan fingerprint density at radius 1 is 1.36 bits per heavy atom. The van der Waals surface area contributed by atoms with Crippen molar-refractivity contribution in [3.8, 4) is 0 Å². The van der Waals surface area contributed by atoms with E-state index in [9.17, 15) is 14.7 Å². The van der Waals surface area contributed by atoms with Crippen LogP contribution in [0.25, 0.3) is 0 Å². The van der Waals surface area contributed by atoms with Gasteiger partial charge in [0.1, 0.15) is 0 Å². The average molecular weight is 225 g/mol. The van der Waals surface area contributed by atoms with E-state index in [1.165, 1.54) is 12.1 Å². The summed E-state index contributed by atoms with van der Waals surface area (Å²) in [6, 6.07) is 2.45. The first-order chi connectivity index (χ1) is 6.06. The van der Waals surface area contributed by atoms with Crippen LogP contribution >= 0.6 is 23.2 Å². The fourth-order valence-corrected chi connectivity index (χ4v) is 1.49. The summed E-state index contributed by atoms with van der Waals surface area (Å²) >= 11 is 11.1. The predicted octanol–water partition coefficient (Wildman–Crippen LogP) is -1.83. The number of benzene rings is 1. The van der Waals surface area contributed by atoms with Gasteiger partial charge in [0, 0.05) is 16.1 Å². The standard InChI is InChI=1S/C8H4Cl2O3.Li/c9-5-1-4(3-11)7(8(12)13)6(10)2-5;/h1-3H,(H,12,13);/q;+1/p-1. The average Bonchev–Trinajstić information content (AvgIpc) is 2.01. The van der Waals surface area contributed by atoms with Crippen molar-refractivity contribution in [2.45, 2.75) is 0 Å². The molecule has 0 heterocycles. The van der Waals surface area contributed by atoms with Crippen molar-refractivity contribution in [3.63, 3.8) is 0 Å². The summed E-state index contributed by atoms with van der Waals surface area (Å²) in [4.78, 5) is 20.9. The molecule has 0 fully saturated rings. The van der Waals surface area contributed by atoms with Crippen molar-refractivity contribution in [2.75, 3.05) is 0 Å². The van der Waals surface area contributed by atoms with Crippen LogP contribution < -0.4 is 24.0 Å². The molecule has 68 valence electrons. The Morgan fingerprint density at radius 3 is 2.36 bits per heavy atom. The molecule has 0 aromatic heterocycles. The van der Waals surface area contributed by atoms with E-state index in [1.807, 2.05) is 0 Å². The molecule has 1 rings (SSSR count). The van der Waals surface area contributed by atoms with Crippen LogP contribution in [0.3, 0.4) is 0 Å². The molecule has 6 heteroatoms. The van der Waals surface area contributed by atoms with Crippen molar-refractivity contribution in [3.05, 3.63) is 33.3 Å². The topological polar surface area (TPSA) is 57.2 Å². The minimum Gasteiger partial charge on any atom is -0.545 e. The van der Waals surface area contributed by atoms with Crippen LogP contribution in [0.2, 0.25) is 10.0 Å². The van der Waals surface area contributed by atoms with Crippen LogP contribution in [0.4, 0.5) is 0 Å². The molecule has 0 N–H and O–H groups in total. The van der Waals surface area contributed by atoms with E-state index >= 15 is 0 Å². The first kappa shape index (κ1) is 13.5. The summed E-state index contributed by atoms with van der Waals surface area (Å²) in [5, 5.41) is 10.6. The molecule has 0 bridgehead atoms. The van der Waals surface area contributed by atoms with Gasteiger partial charge >= 0.3 is 18.9 Å². The van der Waals surface area contributed by atoms with E-state index in [-0.39, 0.29) is 40.0 Å². The second kappa shape index (κ2) is 5.43. The molecule has 14 heavy (non-hydrogen) atoms. The van der Waals surface area contributed by atoms with Gasteiger partial charge in [-0.15, -0.1) is 0 Å². The molecule has 0 aliphatic rings. The number of hydrogen-bond acceptors (Lipinski definition) is 3. The van der Waals surface area contributed by atoms with Gasteiger partial charge in [-0.05, 0) is 12.1 Å². The van der Waals surface area contributed by atoms with Crippen LogP contribution in [-0.2, 0) is 0 Å². The first-order valence-electron chi connectivity index (χ1n) is 3.22. The number of halogens is 2. The second-order valence-electron chi connectivity index (χ2n) is 2.26. The molecule has 1 aromatic rings. The van der Waals surface area contributed by atoms with E-state index in [0.29, 0.717) is 6.29 Å². The quantitative estimate of drug-likeness (QED) is 0.439. The molecule has 0 aliphatic heterocycles. The monoisotopic (exact) mass is 224 g/mol. The Hall–Kier alpha value is -0.463. The third-order valence-corrected chi connectivity index (χ3v) is 1.93. The number of aromatic carboxylic acids is 1. The molecule has 0 amide bonds. The van der Waals surface area contributed by atoms with Gasteiger partial charge in [-0.2, -0.15) is 0 Å². The maximum Gasteiger partial charge on any atom is 1.00 e. The SMILES string of the molecule is O=Cc1cc(Cl)cc(Cl)c1C(=O)[O-].[Li+]. The van der Waals surface area contributed by atoms with Gasteiger partial charge in [-0.25, -0.2) is 0 Å². The van der Waals surface area contributed by atoms with Crippen LogP contribution in [-0.4, -0.2) is 12.3 Å². The van der Waals surface area contributed by atoms with E-state index in [4.69, 9.17) is 23.2 Å². The Bertz CT molecular complexity index is 379. The first-order valence-corrected chi connectivity index (χ1v) is 3.97. The molecule has 3 nitrogen and oxygen atoms in total. The maximum atomic E-state index is 10.5. The summed E-state index contributed by atoms with van der Waals surface area (Å²) in [5.41, 5.74) is -0.418. The van der Waals surface area contributed by atoms with Crippen LogP contribution in [0.5, 0.6) is 0 Å². The van der Waals surface area contributed by atoms with E-state index < -0.39 is 5.97 Å². The van der Waals surface area contributed by atoms with Crippen molar-refractivity contribution >= 4 is 35.5 Å². The van der Waals surface area contributed by atoms with Crippen molar-refractivity contribution in [2.24, 2.45) is 0 Å². The van der Waals surface area contributed by atoms with Crippen molar-refractivity contribution in [1.29, 1.82) is 0 Å². The molecule has 0 atom stereocenters. The van der Waals surface area contributed by atoms with E-state index in [0.717, 1.165) is 0 Å². The van der Waals surface area contributed by atoms with Crippen LogP contribution in [0, 0.1) is 0 Å². The summed E-state index contributed by atoms with van der Waals surface area (Å²) in [5.74, 6) is -1.50. The summed E-state index contributed by atoms with van der Waals surface area (Å²) in [6.45, 7) is 0. The molecule has 0 unspecified atom stereocenters. The normalized spacial score (nSPS) is 9.00. The number of rotatable bonds is 2. The predicted molar refractivity (Wildman–Crippen MR) is 46.2 cm³/mol. The number of carboxylic acid groups (broad SMARTS) is 1. The smallest absolute Gasteiger partial charge is 0.545 e. The Labute approximate surface area is 102 Å². The second-order valence-corrected chi connectivity index (χ2v) is 3.10. The third kappa shape index (κ3) is 2.76. The maximum absolute atomic E-state index is 10.5.